The van der Waals surface area contributed by atoms with E-state index in [2.05, 4.69) is 0 Å². The lowest BCUT2D eigenvalue weighted by Crippen LogP contribution is -2.57. The van der Waals surface area contributed by atoms with Crippen molar-refractivity contribution in [2.45, 2.75) is 11.6 Å². The van der Waals surface area contributed by atoms with Crippen LogP contribution in [0.25, 0.3) is 11.5 Å². The third-order valence-corrected chi connectivity index (χ3v) is 6.09. The van der Waals surface area contributed by atoms with Crippen LogP contribution in [0.3, 0.4) is 0 Å². The summed E-state index contributed by atoms with van der Waals surface area (Å²) in [5, 5.41) is 0. The third-order valence-electron chi connectivity index (χ3n) is 6.09. The molecule has 1 heterocycles. The van der Waals surface area contributed by atoms with Crippen molar-refractivity contribution >= 4 is 11.5 Å². The molecule has 0 bridgehead atoms. The van der Waals surface area contributed by atoms with Crippen LogP contribution in [0.2, 0.25) is 0 Å². The highest BCUT2D eigenvalue weighted by Gasteiger charge is 2.64. The Morgan fingerprint density at radius 3 is 1.03 bits per heavy atom. The first-order chi connectivity index (χ1) is 16.7. The largest absolute Gasteiger partial charge is 0.447 e. The number of hydrogen-bond donors (Lipinski definition) is 0. The SMILES string of the molecule is COC1(c2ccccc2)OC(c2ccccc2)=C(c2ccccc2)OC1(OC)c1ccccc1. The lowest BCUT2D eigenvalue weighted by atomic mass is 9.88. The van der Waals surface area contributed by atoms with E-state index in [-0.39, 0.29) is 0 Å². The molecule has 1 aliphatic heterocycles. The molecule has 0 saturated heterocycles. The van der Waals surface area contributed by atoms with Crippen LogP contribution in [0.4, 0.5) is 0 Å². The van der Waals surface area contributed by atoms with Crippen LogP contribution >= 0.6 is 0 Å². The van der Waals surface area contributed by atoms with E-state index in [0.717, 1.165) is 22.3 Å². The number of hydrogen-bond acceptors (Lipinski definition) is 4. The molecular weight excluding hydrogens is 424 g/mol. The minimum atomic E-state index is -1.44. The van der Waals surface area contributed by atoms with Crippen molar-refractivity contribution in [1.29, 1.82) is 0 Å². The Hall–Kier alpha value is -3.86. The lowest BCUT2D eigenvalue weighted by Gasteiger charge is -2.51. The molecule has 0 N–H and O–H groups in total. The summed E-state index contributed by atoms with van der Waals surface area (Å²) < 4.78 is 26.4. The standard InChI is InChI=1S/C30H26O4/c1-31-29(25-19-11-5-12-20-25)30(32-2,26-21-13-6-14-22-26)34-28(24-17-9-4-10-18-24)27(33-29)23-15-7-3-8-16-23/h3-22H,1-2H3. The van der Waals surface area contributed by atoms with Crippen molar-refractivity contribution in [3.05, 3.63) is 144 Å². The predicted molar refractivity (Wildman–Crippen MR) is 132 cm³/mol. The van der Waals surface area contributed by atoms with E-state index in [1.807, 2.05) is 121 Å². The van der Waals surface area contributed by atoms with Gasteiger partial charge in [-0.15, -0.1) is 0 Å². The predicted octanol–water partition coefficient (Wildman–Crippen LogP) is 6.56. The number of methoxy groups -OCH3 is 2. The highest BCUT2D eigenvalue weighted by atomic mass is 16.8. The van der Waals surface area contributed by atoms with Gasteiger partial charge in [0.05, 0.1) is 0 Å². The first-order valence-electron chi connectivity index (χ1n) is 11.2. The van der Waals surface area contributed by atoms with Gasteiger partial charge in [0.25, 0.3) is 0 Å². The number of ether oxygens (including phenoxy) is 4. The molecule has 0 aromatic heterocycles. The molecule has 4 nitrogen and oxygen atoms in total. The fourth-order valence-electron chi connectivity index (χ4n) is 4.47. The fourth-order valence-corrected chi connectivity index (χ4v) is 4.47. The molecule has 34 heavy (non-hydrogen) atoms. The fraction of sp³-hybridized carbons (Fsp3) is 0.133. The molecule has 4 aromatic carbocycles. The molecule has 4 heteroatoms. The maximum Gasteiger partial charge on any atom is 0.308 e. The summed E-state index contributed by atoms with van der Waals surface area (Å²) in [6, 6.07) is 39.4. The summed E-state index contributed by atoms with van der Waals surface area (Å²) in [6.07, 6.45) is 0. The molecule has 4 aromatic rings. The Balaban J connectivity index is 1.85. The van der Waals surface area contributed by atoms with Gasteiger partial charge >= 0.3 is 11.6 Å². The Kier molecular flexibility index (Phi) is 5.93. The Bertz CT molecular complexity index is 1160. The van der Waals surface area contributed by atoms with Gasteiger partial charge in [-0.2, -0.15) is 0 Å². The first-order valence-corrected chi connectivity index (χ1v) is 11.2. The van der Waals surface area contributed by atoms with Gasteiger partial charge in [0.2, 0.25) is 0 Å². The molecule has 1 aliphatic rings. The maximum absolute atomic E-state index is 6.93. The van der Waals surface area contributed by atoms with Crippen molar-refractivity contribution in [2.75, 3.05) is 14.2 Å². The van der Waals surface area contributed by atoms with Gasteiger partial charge in [-0.3, -0.25) is 0 Å². The summed E-state index contributed by atoms with van der Waals surface area (Å²) in [4.78, 5) is 0. The minimum Gasteiger partial charge on any atom is -0.447 e. The van der Waals surface area contributed by atoms with E-state index in [1.54, 1.807) is 14.2 Å². The molecule has 0 spiro atoms. The van der Waals surface area contributed by atoms with Crippen LogP contribution in [0.1, 0.15) is 22.3 Å². The Morgan fingerprint density at radius 1 is 0.441 bits per heavy atom. The zero-order valence-corrected chi connectivity index (χ0v) is 19.2. The monoisotopic (exact) mass is 450 g/mol. The lowest BCUT2D eigenvalue weighted by molar-refractivity contribution is -0.393. The zero-order chi connectivity index (χ0) is 23.4. The van der Waals surface area contributed by atoms with E-state index in [9.17, 15) is 0 Å². The van der Waals surface area contributed by atoms with Crippen LogP contribution in [0, 0.1) is 0 Å². The van der Waals surface area contributed by atoms with Crippen molar-refractivity contribution in [3.63, 3.8) is 0 Å². The van der Waals surface area contributed by atoms with Crippen molar-refractivity contribution < 1.29 is 18.9 Å². The van der Waals surface area contributed by atoms with Gasteiger partial charge in [-0.05, 0) is 0 Å². The normalized spacial score (nSPS) is 22.1. The molecule has 0 amide bonds. The van der Waals surface area contributed by atoms with Gasteiger partial charge in [-0.1, -0.05) is 121 Å². The molecule has 5 rings (SSSR count). The van der Waals surface area contributed by atoms with Gasteiger partial charge in [0.1, 0.15) is 0 Å². The van der Waals surface area contributed by atoms with Crippen LogP contribution in [-0.2, 0) is 30.5 Å². The van der Waals surface area contributed by atoms with Crippen LogP contribution in [-0.4, -0.2) is 14.2 Å². The Morgan fingerprint density at radius 2 is 0.735 bits per heavy atom. The summed E-state index contributed by atoms with van der Waals surface area (Å²) in [5.41, 5.74) is 3.28. The van der Waals surface area contributed by atoms with Crippen LogP contribution in [0.15, 0.2) is 121 Å². The van der Waals surface area contributed by atoms with Gasteiger partial charge in [0.15, 0.2) is 11.5 Å². The average molecular weight is 451 g/mol. The summed E-state index contributed by atoms with van der Waals surface area (Å²) in [7, 11) is 3.23. The van der Waals surface area contributed by atoms with Crippen LogP contribution in [0.5, 0.6) is 0 Å². The van der Waals surface area contributed by atoms with Gasteiger partial charge in [-0.25, -0.2) is 0 Å². The molecule has 0 radical (unpaired) electrons. The number of rotatable bonds is 6. The van der Waals surface area contributed by atoms with Crippen molar-refractivity contribution in [3.8, 4) is 0 Å². The van der Waals surface area contributed by atoms with E-state index in [0.29, 0.717) is 11.5 Å². The maximum atomic E-state index is 6.93. The molecule has 170 valence electrons. The smallest absolute Gasteiger partial charge is 0.308 e. The molecule has 2 unspecified atom stereocenters. The topological polar surface area (TPSA) is 36.9 Å². The second-order valence-electron chi connectivity index (χ2n) is 7.97. The molecule has 2 atom stereocenters. The average Bonchev–Trinajstić information content (AvgIpc) is 2.94. The minimum absolute atomic E-state index is 0.570. The number of benzene rings is 4. The quantitative estimate of drug-likeness (QED) is 0.333. The first kappa shape index (κ1) is 22.0. The highest BCUT2D eigenvalue weighted by Crippen LogP contribution is 2.56. The van der Waals surface area contributed by atoms with Crippen LogP contribution < -0.4 is 0 Å². The summed E-state index contributed by atoms with van der Waals surface area (Å²) in [6.45, 7) is 0. The van der Waals surface area contributed by atoms with Gasteiger partial charge < -0.3 is 18.9 Å². The van der Waals surface area contributed by atoms with Crippen molar-refractivity contribution in [1.82, 2.24) is 0 Å². The van der Waals surface area contributed by atoms with E-state index in [4.69, 9.17) is 18.9 Å². The second-order valence-corrected chi connectivity index (χ2v) is 7.97. The summed E-state index contributed by atoms with van der Waals surface area (Å²) >= 11 is 0. The zero-order valence-electron chi connectivity index (χ0n) is 19.2. The third kappa shape index (κ3) is 3.48. The van der Waals surface area contributed by atoms with Crippen molar-refractivity contribution in [2.24, 2.45) is 0 Å². The van der Waals surface area contributed by atoms with E-state index >= 15 is 0 Å². The van der Waals surface area contributed by atoms with E-state index in [1.165, 1.54) is 0 Å². The second kappa shape index (κ2) is 9.18. The molecule has 0 aliphatic carbocycles. The molecular formula is C30H26O4. The highest BCUT2D eigenvalue weighted by molar-refractivity contribution is 5.85. The Labute approximate surface area is 200 Å². The van der Waals surface area contributed by atoms with E-state index < -0.39 is 11.6 Å². The molecule has 0 saturated carbocycles. The van der Waals surface area contributed by atoms with Gasteiger partial charge in [0, 0.05) is 36.5 Å². The summed E-state index contributed by atoms with van der Waals surface area (Å²) in [5.74, 6) is -1.73. The molecule has 0 fully saturated rings.